The minimum Gasteiger partial charge on any atom is -0.324 e. The van der Waals surface area contributed by atoms with Crippen LogP contribution in [0.2, 0.25) is 0 Å². The summed E-state index contributed by atoms with van der Waals surface area (Å²) >= 11 is 0. The molecule has 2 N–H and O–H groups in total. The first-order valence-electron chi connectivity index (χ1n) is 7.33. The van der Waals surface area contributed by atoms with E-state index in [9.17, 15) is 9.18 Å². The van der Waals surface area contributed by atoms with Crippen LogP contribution in [-0.4, -0.2) is 15.9 Å². The van der Waals surface area contributed by atoms with Gasteiger partial charge < -0.3 is 10.6 Å². The number of aromatic nitrogens is 2. The lowest BCUT2D eigenvalue weighted by molar-refractivity contribution is 0.102. The first kappa shape index (κ1) is 15.6. The third-order valence-corrected chi connectivity index (χ3v) is 3.34. The Labute approximate surface area is 138 Å². The topological polar surface area (TPSA) is 66.9 Å². The van der Waals surface area contributed by atoms with Gasteiger partial charge in [0.25, 0.3) is 5.91 Å². The average Bonchev–Trinajstić information content (AvgIpc) is 2.59. The standard InChI is InChI=1S/C18H15FN4O/c1-12-6-8-14(9-7-12)22-18-20-10-13(11-21-18)17(24)23-16-5-3-2-4-15(16)19/h2-11H,1H3,(H,23,24)(H,20,21,22). The molecule has 0 spiro atoms. The SMILES string of the molecule is Cc1ccc(Nc2ncc(C(=O)Nc3ccccc3F)cn2)cc1. The summed E-state index contributed by atoms with van der Waals surface area (Å²) in [6.45, 7) is 2.00. The Kier molecular flexibility index (Phi) is 4.47. The molecule has 5 nitrogen and oxygen atoms in total. The molecule has 0 saturated carbocycles. The molecule has 1 aromatic heterocycles. The number of carbonyl (C=O) groups excluding carboxylic acids is 1. The van der Waals surface area contributed by atoms with Gasteiger partial charge in [0.15, 0.2) is 0 Å². The van der Waals surface area contributed by atoms with E-state index < -0.39 is 11.7 Å². The molecule has 1 heterocycles. The third-order valence-electron chi connectivity index (χ3n) is 3.34. The molecule has 120 valence electrons. The highest BCUT2D eigenvalue weighted by atomic mass is 19.1. The first-order valence-corrected chi connectivity index (χ1v) is 7.33. The number of rotatable bonds is 4. The molecule has 0 unspecified atom stereocenters. The van der Waals surface area contributed by atoms with Gasteiger partial charge in [0, 0.05) is 18.1 Å². The van der Waals surface area contributed by atoms with E-state index in [1.54, 1.807) is 12.1 Å². The summed E-state index contributed by atoms with van der Waals surface area (Å²) < 4.78 is 13.5. The second-order valence-electron chi connectivity index (χ2n) is 5.22. The number of nitrogens with one attached hydrogen (secondary N) is 2. The zero-order valence-corrected chi connectivity index (χ0v) is 13.0. The van der Waals surface area contributed by atoms with Crippen LogP contribution in [0, 0.1) is 12.7 Å². The van der Waals surface area contributed by atoms with Crippen molar-refractivity contribution in [1.29, 1.82) is 0 Å². The molecular formula is C18H15FN4O. The number of halogens is 1. The van der Waals surface area contributed by atoms with Crippen molar-refractivity contribution >= 4 is 23.2 Å². The van der Waals surface area contributed by atoms with Crippen molar-refractivity contribution in [3.63, 3.8) is 0 Å². The van der Waals surface area contributed by atoms with Crippen molar-refractivity contribution in [3.05, 3.63) is 77.9 Å². The van der Waals surface area contributed by atoms with Gasteiger partial charge >= 0.3 is 0 Å². The van der Waals surface area contributed by atoms with Crippen molar-refractivity contribution in [1.82, 2.24) is 9.97 Å². The second-order valence-corrected chi connectivity index (χ2v) is 5.22. The van der Waals surface area contributed by atoms with Crippen molar-refractivity contribution in [3.8, 4) is 0 Å². The molecule has 6 heteroatoms. The number of nitrogens with zero attached hydrogens (tertiary/aromatic N) is 2. The third kappa shape index (κ3) is 3.73. The highest BCUT2D eigenvalue weighted by molar-refractivity contribution is 6.03. The second kappa shape index (κ2) is 6.87. The predicted octanol–water partition coefficient (Wildman–Crippen LogP) is 3.92. The predicted molar refractivity (Wildman–Crippen MR) is 90.8 cm³/mol. The number of hydrogen-bond acceptors (Lipinski definition) is 4. The van der Waals surface area contributed by atoms with Crippen LogP contribution in [0.1, 0.15) is 15.9 Å². The summed E-state index contributed by atoms with van der Waals surface area (Å²) in [5, 5.41) is 5.53. The smallest absolute Gasteiger partial charge is 0.258 e. The van der Waals surface area contributed by atoms with Crippen LogP contribution in [0.25, 0.3) is 0 Å². The minimum atomic E-state index is -0.496. The van der Waals surface area contributed by atoms with Gasteiger partial charge in [0.05, 0.1) is 11.3 Å². The van der Waals surface area contributed by atoms with Crippen LogP contribution in [0.5, 0.6) is 0 Å². The monoisotopic (exact) mass is 322 g/mol. The molecule has 3 aromatic rings. The van der Waals surface area contributed by atoms with Gasteiger partial charge in [-0.1, -0.05) is 29.8 Å². The molecule has 0 aliphatic rings. The maximum Gasteiger partial charge on any atom is 0.258 e. The lowest BCUT2D eigenvalue weighted by atomic mass is 10.2. The lowest BCUT2D eigenvalue weighted by Gasteiger charge is -2.07. The summed E-state index contributed by atoms with van der Waals surface area (Å²) in [6.07, 6.45) is 2.78. The fourth-order valence-corrected chi connectivity index (χ4v) is 2.03. The molecule has 0 aliphatic heterocycles. The van der Waals surface area contributed by atoms with Crippen LogP contribution in [0.4, 0.5) is 21.7 Å². The average molecular weight is 322 g/mol. The van der Waals surface area contributed by atoms with Crippen LogP contribution in [0.15, 0.2) is 60.9 Å². The number of para-hydroxylation sites is 1. The van der Waals surface area contributed by atoms with E-state index in [0.29, 0.717) is 5.95 Å². The quantitative estimate of drug-likeness (QED) is 0.764. The Balaban J connectivity index is 1.68. The fraction of sp³-hybridized carbons (Fsp3) is 0.0556. The van der Waals surface area contributed by atoms with Crippen molar-refractivity contribution in [2.24, 2.45) is 0 Å². The highest BCUT2D eigenvalue weighted by Crippen LogP contribution is 2.15. The summed E-state index contributed by atoms with van der Waals surface area (Å²) in [5.41, 5.74) is 2.36. The molecule has 3 rings (SSSR count). The zero-order chi connectivity index (χ0) is 16.9. The number of hydrogen-bond donors (Lipinski definition) is 2. The van der Waals surface area contributed by atoms with E-state index in [4.69, 9.17) is 0 Å². The van der Waals surface area contributed by atoms with Crippen molar-refractivity contribution in [2.75, 3.05) is 10.6 Å². The van der Waals surface area contributed by atoms with Crippen LogP contribution >= 0.6 is 0 Å². The van der Waals surface area contributed by atoms with E-state index >= 15 is 0 Å². The Morgan fingerprint density at radius 3 is 2.33 bits per heavy atom. The normalized spacial score (nSPS) is 10.2. The summed E-state index contributed by atoms with van der Waals surface area (Å²) in [4.78, 5) is 20.3. The van der Waals surface area contributed by atoms with Crippen LogP contribution in [0.3, 0.4) is 0 Å². The number of benzene rings is 2. The zero-order valence-electron chi connectivity index (χ0n) is 13.0. The Hall–Kier alpha value is -3.28. The first-order chi connectivity index (χ1) is 11.6. The molecule has 0 saturated heterocycles. The van der Waals surface area contributed by atoms with Gasteiger partial charge in [-0.3, -0.25) is 4.79 Å². The van der Waals surface area contributed by atoms with E-state index in [1.807, 2.05) is 31.2 Å². The maximum absolute atomic E-state index is 13.5. The molecule has 1 amide bonds. The van der Waals surface area contributed by atoms with E-state index in [1.165, 1.54) is 24.5 Å². The Bertz CT molecular complexity index is 848. The maximum atomic E-state index is 13.5. The fourth-order valence-electron chi connectivity index (χ4n) is 2.03. The van der Waals surface area contributed by atoms with E-state index in [-0.39, 0.29) is 11.3 Å². The molecule has 2 aromatic carbocycles. The molecule has 0 bridgehead atoms. The van der Waals surface area contributed by atoms with Gasteiger partial charge in [-0.15, -0.1) is 0 Å². The summed E-state index contributed by atoms with van der Waals surface area (Å²) in [5.74, 6) is -0.590. The molecule has 0 fully saturated rings. The summed E-state index contributed by atoms with van der Waals surface area (Å²) in [7, 11) is 0. The van der Waals surface area contributed by atoms with E-state index in [2.05, 4.69) is 20.6 Å². The van der Waals surface area contributed by atoms with Gasteiger partial charge in [0.1, 0.15) is 5.82 Å². The van der Waals surface area contributed by atoms with Gasteiger partial charge in [0.2, 0.25) is 5.95 Å². The molecular weight excluding hydrogens is 307 g/mol. The number of anilines is 3. The van der Waals surface area contributed by atoms with Gasteiger partial charge in [-0.25, -0.2) is 14.4 Å². The number of aryl methyl sites for hydroxylation is 1. The highest BCUT2D eigenvalue weighted by Gasteiger charge is 2.10. The van der Waals surface area contributed by atoms with Crippen LogP contribution < -0.4 is 10.6 Å². The molecule has 0 atom stereocenters. The Morgan fingerprint density at radius 1 is 1.00 bits per heavy atom. The number of carbonyl (C=O) groups is 1. The number of amides is 1. The van der Waals surface area contributed by atoms with Crippen molar-refractivity contribution < 1.29 is 9.18 Å². The largest absolute Gasteiger partial charge is 0.324 e. The lowest BCUT2D eigenvalue weighted by Crippen LogP contribution is -2.14. The van der Waals surface area contributed by atoms with Gasteiger partial charge in [-0.2, -0.15) is 0 Å². The van der Waals surface area contributed by atoms with Crippen molar-refractivity contribution in [2.45, 2.75) is 6.92 Å². The minimum absolute atomic E-state index is 0.115. The van der Waals surface area contributed by atoms with Gasteiger partial charge in [-0.05, 0) is 31.2 Å². The van der Waals surface area contributed by atoms with Crippen LogP contribution in [-0.2, 0) is 0 Å². The van der Waals surface area contributed by atoms with E-state index in [0.717, 1.165) is 11.3 Å². The molecule has 0 radical (unpaired) electrons. The summed E-state index contributed by atoms with van der Waals surface area (Å²) in [6, 6.07) is 13.7. The molecule has 0 aliphatic carbocycles. The Morgan fingerprint density at radius 2 is 1.67 bits per heavy atom. The molecule has 24 heavy (non-hydrogen) atoms.